The lowest BCUT2D eigenvalue weighted by molar-refractivity contribution is 0.414. The van der Waals surface area contributed by atoms with Gasteiger partial charge in [-0.2, -0.15) is 0 Å². The molecule has 0 aromatic heterocycles. The second-order valence-corrected chi connectivity index (χ2v) is 5.44. The molecule has 0 amide bonds. The predicted octanol–water partition coefficient (Wildman–Crippen LogP) is 4.85. The average Bonchev–Trinajstić information content (AvgIpc) is 2.48. The standard InChI is InChI=1S/C16H17Cl2NO/c1-11(13-4-6-14(20-2)7-5-13)19-10-12-3-8-15(17)16(18)9-12/h3-9,11,19H,10H2,1-2H3/t11-/m0/s1. The summed E-state index contributed by atoms with van der Waals surface area (Å²) in [6.45, 7) is 2.86. The Kier molecular flexibility index (Phi) is 5.30. The minimum Gasteiger partial charge on any atom is -0.497 e. The van der Waals surface area contributed by atoms with E-state index >= 15 is 0 Å². The Labute approximate surface area is 129 Å². The Balaban J connectivity index is 1.96. The van der Waals surface area contributed by atoms with E-state index in [1.165, 1.54) is 5.56 Å². The molecule has 0 heterocycles. The molecule has 1 N–H and O–H groups in total. The molecule has 1 atom stereocenters. The van der Waals surface area contributed by atoms with E-state index in [-0.39, 0.29) is 6.04 Å². The fourth-order valence-electron chi connectivity index (χ4n) is 1.93. The molecule has 0 spiro atoms. The SMILES string of the molecule is COc1ccc([C@H](C)NCc2ccc(Cl)c(Cl)c2)cc1. The van der Waals surface area contributed by atoms with Gasteiger partial charge in [0, 0.05) is 12.6 Å². The van der Waals surface area contributed by atoms with Crippen molar-refractivity contribution in [1.82, 2.24) is 5.32 Å². The second-order valence-electron chi connectivity index (χ2n) is 4.62. The minimum absolute atomic E-state index is 0.246. The first-order chi connectivity index (χ1) is 9.60. The lowest BCUT2D eigenvalue weighted by Crippen LogP contribution is -2.18. The summed E-state index contributed by atoms with van der Waals surface area (Å²) < 4.78 is 5.16. The molecule has 0 bridgehead atoms. The van der Waals surface area contributed by atoms with Crippen LogP contribution in [-0.4, -0.2) is 7.11 Å². The van der Waals surface area contributed by atoms with Gasteiger partial charge in [-0.1, -0.05) is 41.4 Å². The number of hydrogen-bond acceptors (Lipinski definition) is 2. The lowest BCUT2D eigenvalue weighted by Gasteiger charge is -2.15. The van der Waals surface area contributed by atoms with Crippen molar-refractivity contribution in [2.45, 2.75) is 19.5 Å². The molecule has 2 rings (SSSR count). The molecule has 0 unspecified atom stereocenters. The maximum absolute atomic E-state index is 6.01. The smallest absolute Gasteiger partial charge is 0.118 e. The third kappa shape index (κ3) is 3.89. The van der Waals surface area contributed by atoms with Crippen LogP contribution >= 0.6 is 23.2 Å². The van der Waals surface area contributed by atoms with Gasteiger partial charge >= 0.3 is 0 Å². The van der Waals surface area contributed by atoms with Gasteiger partial charge in [-0.05, 0) is 42.3 Å². The Bertz CT molecular complexity index is 569. The fourth-order valence-corrected chi connectivity index (χ4v) is 2.25. The largest absolute Gasteiger partial charge is 0.497 e. The van der Waals surface area contributed by atoms with Crippen molar-refractivity contribution >= 4 is 23.2 Å². The van der Waals surface area contributed by atoms with Crippen LogP contribution in [-0.2, 0) is 6.54 Å². The van der Waals surface area contributed by atoms with Gasteiger partial charge in [-0.15, -0.1) is 0 Å². The average molecular weight is 310 g/mol. The molecule has 106 valence electrons. The van der Waals surface area contributed by atoms with Crippen LogP contribution in [0.4, 0.5) is 0 Å². The summed E-state index contributed by atoms with van der Waals surface area (Å²) in [7, 11) is 1.67. The van der Waals surface area contributed by atoms with Crippen molar-refractivity contribution in [1.29, 1.82) is 0 Å². The molecule has 0 aliphatic carbocycles. The van der Waals surface area contributed by atoms with Crippen molar-refractivity contribution in [2.75, 3.05) is 7.11 Å². The van der Waals surface area contributed by atoms with E-state index < -0.39 is 0 Å². The zero-order chi connectivity index (χ0) is 14.5. The maximum Gasteiger partial charge on any atom is 0.118 e. The number of nitrogens with one attached hydrogen (secondary N) is 1. The van der Waals surface area contributed by atoms with E-state index in [1.54, 1.807) is 7.11 Å². The third-order valence-corrected chi connectivity index (χ3v) is 3.95. The number of ether oxygens (including phenoxy) is 1. The quantitative estimate of drug-likeness (QED) is 0.852. The van der Waals surface area contributed by atoms with E-state index in [4.69, 9.17) is 27.9 Å². The molecular formula is C16H17Cl2NO. The van der Waals surface area contributed by atoms with Gasteiger partial charge < -0.3 is 10.1 Å². The summed E-state index contributed by atoms with van der Waals surface area (Å²) >= 11 is 11.9. The van der Waals surface area contributed by atoms with Gasteiger partial charge in [-0.25, -0.2) is 0 Å². The zero-order valence-corrected chi connectivity index (χ0v) is 13.0. The summed E-state index contributed by atoms with van der Waals surface area (Å²) in [5, 5.41) is 4.63. The highest BCUT2D eigenvalue weighted by molar-refractivity contribution is 6.42. The molecule has 20 heavy (non-hydrogen) atoms. The summed E-state index contributed by atoms with van der Waals surface area (Å²) in [4.78, 5) is 0. The fraction of sp³-hybridized carbons (Fsp3) is 0.250. The highest BCUT2D eigenvalue weighted by Gasteiger charge is 2.06. The third-order valence-electron chi connectivity index (χ3n) is 3.21. The van der Waals surface area contributed by atoms with Crippen LogP contribution < -0.4 is 10.1 Å². The van der Waals surface area contributed by atoms with Crippen LogP contribution in [0, 0.1) is 0 Å². The predicted molar refractivity (Wildman–Crippen MR) is 84.7 cm³/mol. The van der Waals surface area contributed by atoms with Gasteiger partial charge in [0.05, 0.1) is 17.2 Å². The molecule has 0 saturated carbocycles. The topological polar surface area (TPSA) is 21.3 Å². The van der Waals surface area contributed by atoms with Gasteiger partial charge in [-0.3, -0.25) is 0 Å². The van der Waals surface area contributed by atoms with E-state index in [2.05, 4.69) is 24.4 Å². The van der Waals surface area contributed by atoms with Gasteiger partial charge in [0.2, 0.25) is 0 Å². The lowest BCUT2D eigenvalue weighted by atomic mass is 10.1. The van der Waals surface area contributed by atoms with Crippen molar-refractivity contribution in [3.63, 3.8) is 0 Å². The second kappa shape index (κ2) is 6.98. The Morgan fingerprint density at radius 3 is 2.35 bits per heavy atom. The molecule has 4 heteroatoms. The van der Waals surface area contributed by atoms with Crippen molar-refractivity contribution in [2.24, 2.45) is 0 Å². The van der Waals surface area contributed by atoms with Crippen molar-refractivity contribution in [3.8, 4) is 5.75 Å². The van der Waals surface area contributed by atoms with Crippen LogP contribution in [0.25, 0.3) is 0 Å². The van der Waals surface area contributed by atoms with Crippen LogP contribution in [0.15, 0.2) is 42.5 Å². The van der Waals surface area contributed by atoms with Crippen LogP contribution in [0.5, 0.6) is 5.75 Å². The molecule has 2 nitrogen and oxygen atoms in total. The molecule has 0 aliphatic rings. The highest BCUT2D eigenvalue weighted by Crippen LogP contribution is 2.23. The normalized spacial score (nSPS) is 12.2. The molecule has 2 aromatic carbocycles. The molecule has 2 aromatic rings. The molecule has 0 fully saturated rings. The number of hydrogen-bond donors (Lipinski definition) is 1. The summed E-state index contributed by atoms with van der Waals surface area (Å²) in [6.07, 6.45) is 0. The molecule has 0 radical (unpaired) electrons. The first kappa shape index (κ1) is 15.2. The molecule has 0 saturated heterocycles. The van der Waals surface area contributed by atoms with E-state index in [0.717, 1.165) is 17.9 Å². The first-order valence-corrected chi connectivity index (χ1v) is 7.17. The summed E-state index contributed by atoms with van der Waals surface area (Å²) in [5.41, 5.74) is 2.32. The summed E-state index contributed by atoms with van der Waals surface area (Å²) in [5.74, 6) is 0.866. The Morgan fingerprint density at radius 2 is 1.75 bits per heavy atom. The maximum atomic E-state index is 6.01. The first-order valence-electron chi connectivity index (χ1n) is 6.41. The van der Waals surface area contributed by atoms with Crippen LogP contribution in [0.1, 0.15) is 24.1 Å². The van der Waals surface area contributed by atoms with Gasteiger partial charge in [0.1, 0.15) is 5.75 Å². The zero-order valence-electron chi connectivity index (χ0n) is 11.5. The monoisotopic (exact) mass is 309 g/mol. The van der Waals surface area contributed by atoms with E-state index in [1.807, 2.05) is 30.3 Å². The highest BCUT2D eigenvalue weighted by atomic mass is 35.5. The number of halogens is 2. The van der Waals surface area contributed by atoms with Gasteiger partial charge in [0.25, 0.3) is 0 Å². The van der Waals surface area contributed by atoms with Crippen LogP contribution in [0.3, 0.4) is 0 Å². The Morgan fingerprint density at radius 1 is 1.05 bits per heavy atom. The van der Waals surface area contributed by atoms with Crippen molar-refractivity contribution < 1.29 is 4.74 Å². The number of rotatable bonds is 5. The van der Waals surface area contributed by atoms with Crippen LogP contribution in [0.2, 0.25) is 10.0 Å². The van der Waals surface area contributed by atoms with E-state index in [0.29, 0.717) is 10.0 Å². The number of methoxy groups -OCH3 is 1. The minimum atomic E-state index is 0.246. The van der Waals surface area contributed by atoms with Crippen molar-refractivity contribution in [3.05, 3.63) is 63.6 Å². The van der Waals surface area contributed by atoms with Gasteiger partial charge in [0.15, 0.2) is 0 Å². The number of benzene rings is 2. The molecular weight excluding hydrogens is 293 g/mol. The van der Waals surface area contributed by atoms with E-state index in [9.17, 15) is 0 Å². The molecule has 0 aliphatic heterocycles. The Hall–Kier alpha value is -1.22. The summed E-state index contributed by atoms with van der Waals surface area (Å²) in [6, 6.07) is 14.0.